The lowest BCUT2D eigenvalue weighted by atomic mass is 10.1. The van der Waals surface area contributed by atoms with Crippen LogP contribution in [0.25, 0.3) is 0 Å². The fraction of sp³-hybridized carbons (Fsp3) is 0.500. The van der Waals surface area contributed by atoms with Crippen LogP contribution >= 0.6 is 0 Å². The molecule has 2 rings (SSSR count). The molecule has 0 bridgehead atoms. The van der Waals surface area contributed by atoms with Crippen molar-refractivity contribution in [3.63, 3.8) is 0 Å². The van der Waals surface area contributed by atoms with Crippen molar-refractivity contribution in [1.29, 1.82) is 0 Å². The van der Waals surface area contributed by atoms with Crippen LogP contribution in [0.3, 0.4) is 0 Å². The number of piperazine rings is 1. The minimum Gasteiger partial charge on any atom is -0.445 e. The first-order valence-electron chi connectivity index (χ1n) is 6.39. The Morgan fingerprint density at radius 3 is 2.83 bits per heavy atom. The molecular weight excluding hydrogens is 228 g/mol. The molecule has 4 heteroatoms. The van der Waals surface area contributed by atoms with E-state index in [1.165, 1.54) is 0 Å². The molecule has 1 amide bonds. The van der Waals surface area contributed by atoms with Gasteiger partial charge in [0.25, 0.3) is 0 Å². The van der Waals surface area contributed by atoms with Gasteiger partial charge in [0.05, 0.1) is 0 Å². The second kappa shape index (κ2) is 5.87. The minimum atomic E-state index is -0.222. The number of carbonyl (C=O) groups excluding carboxylic acids is 1. The largest absolute Gasteiger partial charge is 0.445 e. The maximum absolute atomic E-state index is 12.0. The first-order chi connectivity index (χ1) is 8.68. The first-order valence-corrected chi connectivity index (χ1v) is 6.39. The van der Waals surface area contributed by atoms with E-state index < -0.39 is 0 Å². The van der Waals surface area contributed by atoms with Gasteiger partial charge in [-0.1, -0.05) is 30.3 Å². The van der Waals surface area contributed by atoms with E-state index in [2.05, 4.69) is 12.2 Å². The molecule has 1 aromatic carbocycles. The van der Waals surface area contributed by atoms with Gasteiger partial charge < -0.3 is 15.0 Å². The van der Waals surface area contributed by atoms with Gasteiger partial charge in [-0.15, -0.1) is 0 Å². The van der Waals surface area contributed by atoms with Gasteiger partial charge in [-0.2, -0.15) is 0 Å². The monoisotopic (exact) mass is 248 g/mol. The lowest BCUT2D eigenvalue weighted by Crippen LogP contribution is -2.57. The Kier molecular flexibility index (Phi) is 4.20. The summed E-state index contributed by atoms with van der Waals surface area (Å²) in [5.41, 5.74) is 1.02. The maximum Gasteiger partial charge on any atom is 0.410 e. The molecule has 2 atom stereocenters. The molecule has 0 radical (unpaired) electrons. The highest BCUT2D eigenvalue weighted by molar-refractivity contribution is 5.68. The zero-order valence-corrected chi connectivity index (χ0v) is 10.9. The lowest BCUT2D eigenvalue weighted by Gasteiger charge is -2.37. The van der Waals surface area contributed by atoms with E-state index in [0.717, 1.165) is 12.1 Å². The van der Waals surface area contributed by atoms with Crippen molar-refractivity contribution in [2.75, 3.05) is 13.1 Å². The molecule has 0 aliphatic carbocycles. The Labute approximate surface area is 108 Å². The number of nitrogens with one attached hydrogen (secondary N) is 1. The summed E-state index contributed by atoms with van der Waals surface area (Å²) < 4.78 is 5.35. The van der Waals surface area contributed by atoms with Gasteiger partial charge in [0.1, 0.15) is 6.61 Å². The van der Waals surface area contributed by atoms with E-state index in [0.29, 0.717) is 19.2 Å². The maximum atomic E-state index is 12.0. The number of amides is 1. The Hall–Kier alpha value is -1.55. The Morgan fingerprint density at radius 1 is 1.39 bits per heavy atom. The molecule has 1 saturated heterocycles. The van der Waals surface area contributed by atoms with Crippen LogP contribution in [0.2, 0.25) is 0 Å². The van der Waals surface area contributed by atoms with Crippen LogP contribution in [0.5, 0.6) is 0 Å². The summed E-state index contributed by atoms with van der Waals surface area (Å²) >= 11 is 0. The highest BCUT2D eigenvalue weighted by atomic mass is 16.6. The molecule has 1 fully saturated rings. The van der Waals surface area contributed by atoms with Crippen LogP contribution in [0.15, 0.2) is 30.3 Å². The van der Waals surface area contributed by atoms with Crippen molar-refractivity contribution < 1.29 is 9.53 Å². The molecule has 98 valence electrons. The third kappa shape index (κ3) is 3.01. The summed E-state index contributed by atoms with van der Waals surface area (Å²) in [5, 5.41) is 3.34. The van der Waals surface area contributed by atoms with Gasteiger partial charge in [0.2, 0.25) is 0 Å². The smallest absolute Gasteiger partial charge is 0.410 e. The van der Waals surface area contributed by atoms with Crippen LogP contribution in [0, 0.1) is 0 Å². The van der Waals surface area contributed by atoms with Crippen LogP contribution < -0.4 is 5.32 Å². The molecule has 1 aliphatic heterocycles. The summed E-state index contributed by atoms with van der Waals surface area (Å²) in [6.07, 6.45) is -0.222. The molecule has 0 unspecified atom stereocenters. The number of rotatable bonds is 2. The van der Waals surface area contributed by atoms with E-state index in [1.807, 2.05) is 37.3 Å². The van der Waals surface area contributed by atoms with Gasteiger partial charge in [0, 0.05) is 25.2 Å². The van der Waals surface area contributed by atoms with Crippen LogP contribution in [-0.2, 0) is 11.3 Å². The van der Waals surface area contributed by atoms with Gasteiger partial charge in [-0.05, 0) is 19.4 Å². The number of carbonyl (C=O) groups is 1. The molecule has 1 aliphatic rings. The average molecular weight is 248 g/mol. The van der Waals surface area contributed by atoms with Gasteiger partial charge in [-0.25, -0.2) is 4.79 Å². The van der Waals surface area contributed by atoms with Crippen molar-refractivity contribution in [2.24, 2.45) is 0 Å². The highest BCUT2D eigenvalue weighted by Crippen LogP contribution is 2.11. The fourth-order valence-corrected chi connectivity index (χ4v) is 2.12. The van der Waals surface area contributed by atoms with Crippen molar-refractivity contribution in [3.8, 4) is 0 Å². The van der Waals surface area contributed by atoms with E-state index >= 15 is 0 Å². The van der Waals surface area contributed by atoms with E-state index in [9.17, 15) is 4.79 Å². The molecule has 1 heterocycles. The van der Waals surface area contributed by atoms with Crippen LogP contribution in [0.4, 0.5) is 4.79 Å². The predicted octanol–water partition coefficient (Wildman–Crippen LogP) is 2.01. The van der Waals surface area contributed by atoms with E-state index in [1.54, 1.807) is 4.90 Å². The summed E-state index contributed by atoms with van der Waals surface area (Å²) in [5.74, 6) is 0. The SMILES string of the molecule is C[C@@H]1NCCN(C(=O)OCc2ccccc2)[C@@H]1C. The third-order valence-corrected chi connectivity index (χ3v) is 3.47. The third-order valence-electron chi connectivity index (χ3n) is 3.47. The molecule has 1 N–H and O–H groups in total. The summed E-state index contributed by atoms with van der Waals surface area (Å²) in [6, 6.07) is 10.2. The second-order valence-corrected chi connectivity index (χ2v) is 4.72. The Morgan fingerprint density at radius 2 is 2.11 bits per heavy atom. The Bertz CT molecular complexity index is 394. The summed E-state index contributed by atoms with van der Waals surface area (Å²) in [6.45, 7) is 6.00. The van der Waals surface area contributed by atoms with Crippen molar-refractivity contribution in [3.05, 3.63) is 35.9 Å². The highest BCUT2D eigenvalue weighted by Gasteiger charge is 2.28. The van der Waals surface area contributed by atoms with Gasteiger partial charge in [-0.3, -0.25) is 0 Å². The van der Waals surface area contributed by atoms with Gasteiger partial charge in [0.15, 0.2) is 0 Å². The topological polar surface area (TPSA) is 41.6 Å². The van der Waals surface area contributed by atoms with Crippen LogP contribution in [0.1, 0.15) is 19.4 Å². The summed E-state index contributed by atoms with van der Waals surface area (Å²) in [4.78, 5) is 13.8. The van der Waals surface area contributed by atoms with Crippen molar-refractivity contribution >= 4 is 6.09 Å². The van der Waals surface area contributed by atoms with Crippen LogP contribution in [-0.4, -0.2) is 36.2 Å². The second-order valence-electron chi connectivity index (χ2n) is 4.72. The molecular formula is C14H20N2O2. The molecule has 18 heavy (non-hydrogen) atoms. The average Bonchev–Trinajstić information content (AvgIpc) is 2.40. The molecule has 1 aromatic rings. The molecule has 4 nitrogen and oxygen atoms in total. The number of benzene rings is 1. The first kappa shape index (κ1) is 12.9. The van der Waals surface area contributed by atoms with Crippen molar-refractivity contribution in [1.82, 2.24) is 10.2 Å². The quantitative estimate of drug-likeness (QED) is 0.870. The normalized spacial score (nSPS) is 23.8. The lowest BCUT2D eigenvalue weighted by molar-refractivity contribution is 0.0662. The number of hydrogen-bond donors (Lipinski definition) is 1. The van der Waals surface area contributed by atoms with Gasteiger partial charge >= 0.3 is 6.09 Å². The van der Waals surface area contributed by atoms with Crippen molar-refractivity contribution in [2.45, 2.75) is 32.5 Å². The minimum absolute atomic E-state index is 0.169. The summed E-state index contributed by atoms with van der Waals surface area (Å²) in [7, 11) is 0. The van der Waals surface area contributed by atoms with E-state index in [4.69, 9.17) is 4.74 Å². The fourth-order valence-electron chi connectivity index (χ4n) is 2.12. The standard InChI is InChI=1S/C14H20N2O2/c1-11-12(2)16(9-8-15-11)14(17)18-10-13-6-4-3-5-7-13/h3-7,11-12,15H,8-10H2,1-2H3/t11-,12+/m0/s1. The Balaban J connectivity index is 1.88. The number of ether oxygens (including phenoxy) is 1. The molecule has 0 aromatic heterocycles. The molecule has 0 saturated carbocycles. The molecule has 0 spiro atoms. The predicted molar refractivity (Wildman–Crippen MR) is 70.3 cm³/mol. The number of nitrogens with zero attached hydrogens (tertiary/aromatic N) is 1. The van der Waals surface area contributed by atoms with E-state index in [-0.39, 0.29) is 12.1 Å². The zero-order chi connectivity index (χ0) is 13.0. The zero-order valence-electron chi connectivity index (χ0n) is 10.9. The number of hydrogen-bond acceptors (Lipinski definition) is 3.